The normalized spacial score (nSPS) is 17.0. The molecule has 0 spiro atoms. The second-order valence-electron chi connectivity index (χ2n) is 4.36. The summed E-state index contributed by atoms with van der Waals surface area (Å²) in [5.41, 5.74) is 6.00. The number of aromatic nitrogens is 1. The first-order chi connectivity index (χ1) is 10.1. The topological polar surface area (TPSA) is 125 Å². The number of nitrogens with zero attached hydrogens (tertiary/aromatic N) is 3. The van der Waals surface area contributed by atoms with Crippen molar-refractivity contribution in [2.45, 2.75) is 24.1 Å². The fraction of sp³-hybridized carbons (Fsp3) is 0.385. The highest BCUT2D eigenvalue weighted by atomic mass is 32.2. The molecule has 1 unspecified atom stereocenters. The maximum Gasteiger partial charge on any atom is 0.232 e. The number of hydrogen-bond donors (Lipinski definition) is 2. The van der Waals surface area contributed by atoms with Gasteiger partial charge in [0, 0.05) is 6.61 Å². The molecule has 3 N–H and O–H groups in total. The highest BCUT2D eigenvalue weighted by Gasteiger charge is 2.18. The molecule has 0 bridgehead atoms. The Kier molecular flexibility index (Phi) is 4.99. The smallest absolute Gasteiger partial charge is 0.232 e. The summed E-state index contributed by atoms with van der Waals surface area (Å²) in [6.07, 6.45) is 1.51. The number of nitrogens with one attached hydrogen (secondary N) is 1. The van der Waals surface area contributed by atoms with E-state index >= 15 is 0 Å². The van der Waals surface area contributed by atoms with Crippen LogP contribution in [0.4, 0.5) is 5.82 Å². The van der Waals surface area contributed by atoms with Gasteiger partial charge >= 0.3 is 0 Å². The fourth-order valence-electron chi connectivity index (χ4n) is 1.84. The first-order valence-corrected chi connectivity index (χ1v) is 7.27. The lowest BCUT2D eigenvalue weighted by Crippen LogP contribution is -2.35. The number of carbonyl (C=O) groups is 1. The summed E-state index contributed by atoms with van der Waals surface area (Å²) >= 11 is 1.11. The predicted octanol–water partition coefficient (Wildman–Crippen LogP) is 0.752. The van der Waals surface area contributed by atoms with E-state index in [1.807, 2.05) is 12.1 Å². The summed E-state index contributed by atoms with van der Waals surface area (Å²) in [5, 5.41) is 21.0. The standard InChI is InChI=1S/C13H13N5O2S/c14-5-8-4-9(6-15)13(18-12(8)16)21-7-10(19)17-11-2-1-3-20-11/h4,11H,1-3,7H2,(H2,16,18)(H,17,19). The van der Waals surface area contributed by atoms with E-state index in [1.165, 1.54) is 6.07 Å². The Bertz CT molecular complexity index is 629. The highest BCUT2D eigenvalue weighted by Crippen LogP contribution is 2.23. The maximum atomic E-state index is 11.8. The number of amides is 1. The molecule has 1 aliphatic heterocycles. The Balaban J connectivity index is 1.99. The van der Waals surface area contributed by atoms with Crippen LogP contribution in [0, 0.1) is 22.7 Å². The van der Waals surface area contributed by atoms with Crippen molar-refractivity contribution in [2.24, 2.45) is 0 Å². The molecule has 2 rings (SSSR count). The summed E-state index contributed by atoms with van der Waals surface area (Å²) in [6.45, 7) is 0.657. The number of rotatable bonds is 4. The zero-order valence-corrected chi connectivity index (χ0v) is 11.9. The molecule has 1 fully saturated rings. The van der Waals surface area contributed by atoms with Crippen molar-refractivity contribution in [2.75, 3.05) is 18.1 Å². The molecule has 0 radical (unpaired) electrons. The SMILES string of the molecule is N#Cc1cc(C#N)c(SCC(=O)NC2CCCO2)nc1N. The number of nitriles is 2. The van der Waals surface area contributed by atoms with Gasteiger partial charge in [0.2, 0.25) is 5.91 Å². The largest absolute Gasteiger partial charge is 0.383 e. The molecule has 7 nitrogen and oxygen atoms in total. The Hall–Kier alpha value is -2.29. The van der Waals surface area contributed by atoms with Crippen molar-refractivity contribution in [3.05, 3.63) is 17.2 Å². The van der Waals surface area contributed by atoms with Crippen molar-refractivity contribution in [1.29, 1.82) is 10.5 Å². The summed E-state index contributed by atoms with van der Waals surface area (Å²) in [5.74, 6) is -0.0357. The molecule has 0 aliphatic carbocycles. The number of hydrogen-bond acceptors (Lipinski definition) is 7. The van der Waals surface area contributed by atoms with E-state index in [4.69, 9.17) is 21.0 Å². The molecule has 1 atom stereocenters. The van der Waals surface area contributed by atoms with Crippen molar-refractivity contribution < 1.29 is 9.53 Å². The van der Waals surface area contributed by atoms with Crippen LogP contribution in [0.2, 0.25) is 0 Å². The third-order valence-corrected chi connectivity index (χ3v) is 3.84. The quantitative estimate of drug-likeness (QED) is 0.786. The Morgan fingerprint density at radius 3 is 2.90 bits per heavy atom. The summed E-state index contributed by atoms with van der Waals surface area (Å²) in [7, 11) is 0. The van der Waals surface area contributed by atoms with Crippen LogP contribution in [0.15, 0.2) is 11.1 Å². The average molecular weight is 303 g/mol. The lowest BCUT2D eigenvalue weighted by molar-refractivity contribution is -0.121. The second-order valence-corrected chi connectivity index (χ2v) is 5.32. The van der Waals surface area contributed by atoms with Gasteiger partial charge in [0.25, 0.3) is 0 Å². The van der Waals surface area contributed by atoms with E-state index < -0.39 is 0 Å². The van der Waals surface area contributed by atoms with E-state index in [0.717, 1.165) is 24.6 Å². The summed E-state index contributed by atoms with van der Waals surface area (Å²) < 4.78 is 5.30. The van der Waals surface area contributed by atoms with Gasteiger partial charge in [-0.2, -0.15) is 10.5 Å². The molecule has 2 heterocycles. The average Bonchev–Trinajstić information content (AvgIpc) is 2.98. The summed E-state index contributed by atoms with van der Waals surface area (Å²) in [6, 6.07) is 5.19. The number of nitrogen functional groups attached to an aromatic ring is 1. The minimum atomic E-state index is -0.229. The molecule has 1 aromatic rings. The molecular formula is C13H13N5O2S. The van der Waals surface area contributed by atoms with E-state index in [9.17, 15) is 4.79 Å². The number of thioether (sulfide) groups is 1. The van der Waals surface area contributed by atoms with Gasteiger partial charge in [-0.3, -0.25) is 4.79 Å². The monoisotopic (exact) mass is 303 g/mol. The number of ether oxygens (including phenoxy) is 1. The molecule has 1 aromatic heterocycles. The Morgan fingerprint density at radius 2 is 2.29 bits per heavy atom. The van der Waals surface area contributed by atoms with Crippen LogP contribution in [-0.2, 0) is 9.53 Å². The minimum Gasteiger partial charge on any atom is -0.383 e. The van der Waals surface area contributed by atoms with Crippen LogP contribution < -0.4 is 11.1 Å². The van der Waals surface area contributed by atoms with Crippen LogP contribution in [0.5, 0.6) is 0 Å². The second kappa shape index (κ2) is 6.93. The lowest BCUT2D eigenvalue weighted by Gasteiger charge is -2.11. The van der Waals surface area contributed by atoms with Gasteiger partial charge in [-0.05, 0) is 18.9 Å². The van der Waals surface area contributed by atoms with Gasteiger partial charge in [-0.15, -0.1) is 0 Å². The van der Waals surface area contributed by atoms with Gasteiger partial charge < -0.3 is 15.8 Å². The molecular weight excluding hydrogens is 290 g/mol. The van der Waals surface area contributed by atoms with Gasteiger partial charge in [0.05, 0.1) is 16.9 Å². The first-order valence-electron chi connectivity index (χ1n) is 6.28. The zero-order chi connectivity index (χ0) is 15.2. The maximum absolute atomic E-state index is 11.8. The number of nitrogens with two attached hydrogens (primary N) is 1. The molecule has 21 heavy (non-hydrogen) atoms. The van der Waals surface area contributed by atoms with E-state index in [2.05, 4.69) is 10.3 Å². The molecule has 0 aromatic carbocycles. The molecule has 0 saturated carbocycles. The minimum absolute atomic E-state index is 0.0542. The number of pyridine rings is 1. The van der Waals surface area contributed by atoms with E-state index in [0.29, 0.717) is 11.6 Å². The Morgan fingerprint density at radius 1 is 1.52 bits per heavy atom. The third-order valence-electron chi connectivity index (χ3n) is 2.85. The van der Waals surface area contributed by atoms with Crippen LogP contribution in [0.25, 0.3) is 0 Å². The fourth-order valence-corrected chi connectivity index (χ4v) is 2.61. The lowest BCUT2D eigenvalue weighted by atomic mass is 10.2. The van der Waals surface area contributed by atoms with Gasteiger partial charge in [0.15, 0.2) is 0 Å². The molecule has 1 amide bonds. The van der Waals surface area contributed by atoms with Crippen molar-refractivity contribution in [1.82, 2.24) is 10.3 Å². The van der Waals surface area contributed by atoms with Gasteiger partial charge in [-0.25, -0.2) is 4.98 Å². The van der Waals surface area contributed by atoms with Crippen LogP contribution >= 0.6 is 11.8 Å². The first kappa shape index (κ1) is 15.1. The third kappa shape index (κ3) is 3.85. The van der Waals surface area contributed by atoms with Crippen molar-refractivity contribution in [3.8, 4) is 12.1 Å². The number of anilines is 1. The number of carbonyl (C=O) groups excluding carboxylic acids is 1. The molecule has 1 saturated heterocycles. The van der Waals surface area contributed by atoms with Crippen molar-refractivity contribution in [3.63, 3.8) is 0 Å². The van der Waals surface area contributed by atoms with E-state index in [1.54, 1.807) is 0 Å². The van der Waals surface area contributed by atoms with Crippen LogP contribution in [0.1, 0.15) is 24.0 Å². The van der Waals surface area contributed by atoms with Crippen molar-refractivity contribution >= 4 is 23.5 Å². The zero-order valence-electron chi connectivity index (χ0n) is 11.1. The van der Waals surface area contributed by atoms with Gasteiger partial charge in [0.1, 0.15) is 29.2 Å². The predicted molar refractivity (Wildman–Crippen MR) is 75.9 cm³/mol. The molecule has 1 aliphatic rings. The van der Waals surface area contributed by atoms with E-state index in [-0.39, 0.29) is 34.8 Å². The molecule has 108 valence electrons. The highest BCUT2D eigenvalue weighted by molar-refractivity contribution is 8.00. The Labute approximate surface area is 126 Å². The van der Waals surface area contributed by atoms with Crippen LogP contribution in [-0.4, -0.2) is 29.5 Å². The molecule has 8 heteroatoms. The van der Waals surface area contributed by atoms with Crippen LogP contribution in [0.3, 0.4) is 0 Å². The van der Waals surface area contributed by atoms with Gasteiger partial charge in [-0.1, -0.05) is 11.8 Å². The summed E-state index contributed by atoms with van der Waals surface area (Å²) in [4.78, 5) is 15.8.